The normalized spacial score (nSPS) is 12.1. The van der Waals surface area contributed by atoms with Crippen LogP contribution in [0.1, 0.15) is 44.6 Å². The maximum atomic E-state index is 12.0. The van der Waals surface area contributed by atoms with Gasteiger partial charge in [0.05, 0.1) is 16.8 Å². The number of aryl methyl sites for hydroxylation is 2. The number of aromatic carboxylic acids is 1. The molecule has 0 aliphatic carbocycles. The van der Waals surface area contributed by atoms with E-state index in [0.29, 0.717) is 28.6 Å². The van der Waals surface area contributed by atoms with Crippen LogP contribution in [0.15, 0.2) is 11.4 Å². The van der Waals surface area contributed by atoms with Crippen LogP contribution in [0.5, 0.6) is 0 Å². The van der Waals surface area contributed by atoms with Crippen LogP contribution < -0.4 is 5.32 Å². The number of hydrogen-bond acceptors (Lipinski definition) is 5. The van der Waals surface area contributed by atoms with E-state index in [0.717, 1.165) is 16.2 Å². The van der Waals surface area contributed by atoms with Gasteiger partial charge in [0.15, 0.2) is 0 Å². The number of rotatable bonds is 6. The van der Waals surface area contributed by atoms with Gasteiger partial charge in [-0.3, -0.25) is 4.79 Å². The van der Waals surface area contributed by atoms with E-state index in [2.05, 4.69) is 10.3 Å². The Balaban J connectivity index is 1.90. The summed E-state index contributed by atoms with van der Waals surface area (Å²) in [5.41, 5.74) is 0.474. The first-order valence-electron chi connectivity index (χ1n) is 6.59. The Morgan fingerprint density at radius 2 is 2.23 bits per heavy atom. The van der Waals surface area contributed by atoms with Gasteiger partial charge in [-0.05, 0) is 26.3 Å². The first-order chi connectivity index (χ1) is 10.4. The Morgan fingerprint density at radius 3 is 2.77 bits per heavy atom. The quantitative estimate of drug-likeness (QED) is 0.825. The molecular formula is C14H15ClN2O3S2. The number of carboxylic acid groups (broad SMARTS) is 1. The highest BCUT2D eigenvalue weighted by molar-refractivity contribution is 7.13. The number of amides is 1. The molecule has 2 N–H and O–H groups in total. The highest BCUT2D eigenvalue weighted by Gasteiger charge is 2.19. The Hall–Kier alpha value is -1.44. The lowest BCUT2D eigenvalue weighted by atomic mass is 10.2. The van der Waals surface area contributed by atoms with Crippen molar-refractivity contribution in [3.05, 3.63) is 36.9 Å². The van der Waals surface area contributed by atoms with Crippen molar-refractivity contribution in [1.29, 1.82) is 0 Å². The number of carboxylic acids is 1. The SMILES string of the molecule is Cc1nc(C(C)NC(=O)CCc2cc(Cl)cs2)sc1C(=O)O. The van der Waals surface area contributed by atoms with Crippen molar-refractivity contribution < 1.29 is 14.7 Å². The largest absolute Gasteiger partial charge is 0.477 e. The lowest BCUT2D eigenvalue weighted by Gasteiger charge is -2.10. The molecule has 0 saturated carbocycles. The summed E-state index contributed by atoms with van der Waals surface area (Å²) in [7, 11) is 0. The minimum Gasteiger partial charge on any atom is -0.477 e. The minimum atomic E-state index is -0.991. The van der Waals surface area contributed by atoms with Crippen LogP contribution in [0.25, 0.3) is 0 Å². The van der Waals surface area contributed by atoms with Gasteiger partial charge < -0.3 is 10.4 Å². The Morgan fingerprint density at radius 1 is 1.50 bits per heavy atom. The molecule has 0 aromatic carbocycles. The van der Waals surface area contributed by atoms with Gasteiger partial charge >= 0.3 is 5.97 Å². The van der Waals surface area contributed by atoms with Crippen molar-refractivity contribution in [2.75, 3.05) is 0 Å². The van der Waals surface area contributed by atoms with Crippen molar-refractivity contribution in [1.82, 2.24) is 10.3 Å². The van der Waals surface area contributed by atoms with Gasteiger partial charge in [-0.2, -0.15) is 0 Å². The van der Waals surface area contributed by atoms with E-state index in [1.54, 1.807) is 13.8 Å². The van der Waals surface area contributed by atoms with Gasteiger partial charge in [-0.25, -0.2) is 9.78 Å². The third-order valence-electron chi connectivity index (χ3n) is 2.98. The van der Waals surface area contributed by atoms with E-state index in [1.807, 2.05) is 11.4 Å². The topological polar surface area (TPSA) is 79.3 Å². The van der Waals surface area contributed by atoms with Crippen LogP contribution in [0, 0.1) is 6.92 Å². The average molecular weight is 359 g/mol. The zero-order valence-corrected chi connectivity index (χ0v) is 14.4. The molecule has 1 atom stereocenters. The maximum Gasteiger partial charge on any atom is 0.347 e. The molecule has 1 unspecified atom stereocenters. The van der Waals surface area contributed by atoms with Crippen molar-refractivity contribution >= 4 is 46.2 Å². The monoisotopic (exact) mass is 358 g/mol. The lowest BCUT2D eigenvalue weighted by Crippen LogP contribution is -2.26. The fourth-order valence-electron chi connectivity index (χ4n) is 1.90. The van der Waals surface area contributed by atoms with Crippen LogP contribution in [0.4, 0.5) is 0 Å². The highest BCUT2D eigenvalue weighted by atomic mass is 35.5. The number of thiophene rings is 1. The summed E-state index contributed by atoms with van der Waals surface area (Å²) in [5, 5.41) is 15.0. The van der Waals surface area contributed by atoms with Crippen molar-refractivity contribution in [2.45, 2.75) is 32.7 Å². The van der Waals surface area contributed by atoms with E-state index in [9.17, 15) is 9.59 Å². The number of halogens is 1. The summed E-state index contributed by atoms with van der Waals surface area (Å²) in [6, 6.07) is 1.54. The lowest BCUT2D eigenvalue weighted by molar-refractivity contribution is -0.121. The molecule has 0 spiro atoms. The molecule has 2 aromatic heterocycles. The molecule has 1 amide bonds. The summed E-state index contributed by atoms with van der Waals surface area (Å²) >= 11 is 8.46. The van der Waals surface area contributed by atoms with E-state index >= 15 is 0 Å². The summed E-state index contributed by atoms with van der Waals surface area (Å²) in [4.78, 5) is 28.5. The predicted octanol–water partition coefficient (Wildman–Crippen LogP) is 3.67. The highest BCUT2D eigenvalue weighted by Crippen LogP contribution is 2.24. The van der Waals surface area contributed by atoms with E-state index in [1.165, 1.54) is 11.3 Å². The molecule has 0 bridgehead atoms. The fourth-order valence-corrected chi connectivity index (χ4v) is 3.88. The number of aromatic nitrogens is 1. The first kappa shape index (κ1) is 16.9. The maximum absolute atomic E-state index is 12.0. The van der Waals surface area contributed by atoms with Crippen LogP contribution >= 0.6 is 34.3 Å². The number of thiazole rings is 1. The zero-order valence-electron chi connectivity index (χ0n) is 12.1. The number of hydrogen-bond donors (Lipinski definition) is 2. The van der Waals surface area contributed by atoms with Gasteiger partial charge in [0.1, 0.15) is 9.88 Å². The molecule has 0 aliphatic heterocycles. The summed E-state index contributed by atoms with van der Waals surface area (Å²) in [5.74, 6) is -1.09. The molecule has 2 heterocycles. The Labute approximate surface area is 141 Å². The molecule has 0 fully saturated rings. The molecule has 22 heavy (non-hydrogen) atoms. The summed E-state index contributed by atoms with van der Waals surface area (Å²) < 4.78 is 0. The van der Waals surface area contributed by atoms with Crippen LogP contribution in [0.3, 0.4) is 0 Å². The molecule has 8 heteroatoms. The minimum absolute atomic E-state index is 0.0956. The second-order valence-electron chi connectivity index (χ2n) is 4.79. The molecule has 0 radical (unpaired) electrons. The number of nitrogens with zero attached hydrogens (tertiary/aromatic N) is 1. The van der Waals surface area contributed by atoms with E-state index in [4.69, 9.17) is 16.7 Å². The molecular weight excluding hydrogens is 344 g/mol. The summed E-state index contributed by atoms with van der Waals surface area (Å²) in [6.45, 7) is 3.45. The zero-order chi connectivity index (χ0) is 16.3. The van der Waals surface area contributed by atoms with Gasteiger partial charge in [-0.15, -0.1) is 22.7 Å². The van der Waals surface area contributed by atoms with Gasteiger partial charge in [0, 0.05) is 16.7 Å². The number of carbonyl (C=O) groups is 2. The number of carbonyl (C=O) groups excluding carboxylic acids is 1. The molecule has 2 aromatic rings. The Bertz CT molecular complexity index is 696. The first-order valence-corrected chi connectivity index (χ1v) is 8.67. The van der Waals surface area contributed by atoms with Gasteiger partial charge in [0.2, 0.25) is 5.91 Å². The average Bonchev–Trinajstić information content (AvgIpc) is 3.02. The molecule has 2 rings (SSSR count). The fraction of sp³-hybridized carbons (Fsp3) is 0.357. The van der Waals surface area contributed by atoms with Crippen LogP contribution in [-0.4, -0.2) is 22.0 Å². The van der Waals surface area contributed by atoms with E-state index in [-0.39, 0.29) is 16.8 Å². The van der Waals surface area contributed by atoms with Crippen molar-refractivity contribution in [3.63, 3.8) is 0 Å². The third kappa shape index (κ3) is 4.28. The second-order valence-corrected chi connectivity index (χ2v) is 7.26. The summed E-state index contributed by atoms with van der Waals surface area (Å²) in [6.07, 6.45) is 0.991. The smallest absolute Gasteiger partial charge is 0.347 e. The van der Waals surface area contributed by atoms with Crippen LogP contribution in [-0.2, 0) is 11.2 Å². The molecule has 0 saturated heterocycles. The third-order valence-corrected chi connectivity index (χ3v) is 5.65. The van der Waals surface area contributed by atoms with E-state index < -0.39 is 5.97 Å². The van der Waals surface area contributed by atoms with Gasteiger partial charge in [0.25, 0.3) is 0 Å². The van der Waals surface area contributed by atoms with Gasteiger partial charge in [-0.1, -0.05) is 11.6 Å². The molecule has 0 aliphatic rings. The molecule has 118 valence electrons. The molecule has 5 nitrogen and oxygen atoms in total. The number of nitrogens with one attached hydrogen (secondary N) is 1. The predicted molar refractivity (Wildman–Crippen MR) is 88.0 cm³/mol. The van der Waals surface area contributed by atoms with Crippen molar-refractivity contribution in [3.8, 4) is 0 Å². The Kier molecular flexibility index (Phi) is 5.55. The van der Waals surface area contributed by atoms with Crippen LogP contribution in [0.2, 0.25) is 5.02 Å². The van der Waals surface area contributed by atoms with Crippen molar-refractivity contribution in [2.24, 2.45) is 0 Å². The second kappa shape index (κ2) is 7.21. The standard InChI is InChI=1S/C14H15ClN2O3S2/c1-7-12(14(19)20)22-13(17-7)8(2)16-11(18)4-3-10-5-9(15)6-21-10/h5-6,8H,3-4H2,1-2H3,(H,16,18)(H,19,20).